The lowest BCUT2D eigenvalue weighted by Crippen LogP contribution is -2.41. The highest BCUT2D eigenvalue weighted by Crippen LogP contribution is 2.11. The molecule has 1 heterocycles. The lowest BCUT2D eigenvalue weighted by molar-refractivity contribution is -0.00269. The van der Waals surface area contributed by atoms with Crippen LogP contribution in [0.2, 0.25) is 0 Å². The highest BCUT2D eigenvalue weighted by atomic mass is 16.5. The molecule has 1 aliphatic heterocycles. The van der Waals surface area contributed by atoms with Crippen molar-refractivity contribution in [3.63, 3.8) is 0 Å². The molecule has 0 amide bonds. The lowest BCUT2D eigenvalue weighted by atomic mass is 10.1. The zero-order chi connectivity index (χ0) is 12.1. The van der Waals surface area contributed by atoms with Gasteiger partial charge in [0.15, 0.2) is 6.10 Å². The van der Waals surface area contributed by atoms with Crippen LogP contribution in [0, 0.1) is 11.3 Å². The fourth-order valence-electron chi connectivity index (χ4n) is 1.93. The Balaban J connectivity index is 1.93. The van der Waals surface area contributed by atoms with Crippen molar-refractivity contribution in [3.8, 4) is 6.07 Å². The zero-order valence-electron chi connectivity index (χ0n) is 9.67. The number of rotatable bonds is 3. The van der Waals surface area contributed by atoms with E-state index in [4.69, 9.17) is 15.1 Å². The Morgan fingerprint density at radius 3 is 2.71 bits per heavy atom. The topological polar surface area (TPSA) is 56.5 Å². The average molecular weight is 232 g/mol. The molecule has 2 rings (SSSR count). The first kappa shape index (κ1) is 12.1. The van der Waals surface area contributed by atoms with E-state index in [-0.39, 0.29) is 12.7 Å². The quantitative estimate of drug-likeness (QED) is 0.841. The van der Waals surface area contributed by atoms with E-state index in [2.05, 4.69) is 11.0 Å². The number of ether oxygens (including phenoxy) is 1. The molecule has 1 aromatic carbocycles. The van der Waals surface area contributed by atoms with Gasteiger partial charge in [0.2, 0.25) is 0 Å². The summed E-state index contributed by atoms with van der Waals surface area (Å²) < 4.78 is 5.30. The molecule has 4 heteroatoms. The molecule has 1 atom stereocenters. The van der Waals surface area contributed by atoms with Gasteiger partial charge < -0.3 is 9.84 Å². The highest BCUT2D eigenvalue weighted by Gasteiger charge is 2.19. The molecule has 0 bridgehead atoms. The van der Waals surface area contributed by atoms with E-state index in [1.54, 1.807) is 0 Å². The number of aliphatic hydroxyl groups excluding tert-OH is 1. The molecule has 4 nitrogen and oxygen atoms in total. The molecule has 90 valence electrons. The van der Waals surface area contributed by atoms with Gasteiger partial charge in [0, 0.05) is 19.6 Å². The first-order chi connectivity index (χ1) is 8.31. The molecule has 0 aliphatic carbocycles. The van der Waals surface area contributed by atoms with Crippen molar-refractivity contribution < 1.29 is 9.84 Å². The van der Waals surface area contributed by atoms with E-state index >= 15 is 0 Å². The summed E-state index contributed by atoms with van der Waals surface area (Å²) in [6.45, 7) is 3.05. The van der Waals surface area contributed by atoms with Crippen molar-refractivity contribution in [1.82, 2.24) is 4.90 Å². The summed E-state index contributed by atoms with van der Waals surface area (Å²) in [5, 5.41) is 17.8. The Hall–Kier alpha value is -1.41. The van der Waals surface area contributed by atoms with Gasteiger partial charge in [-0.05, 0) is 11.1 Å². The molecule has 0 spiro atoms. The maximum Gasteiger partial charge on any atom is 0.156 e. The third-order valence-electron chi connectivity index (χ3n) is 2.91. The molecule has 1 fully saturated rings. The molecule has 17 heavy (non-hydrogen) atoms. The van der Waals surface area contributed by atoms with Gasteiger partial charge in [-0.2, -0.15) is 5.26 Å². The van der Waals surface area contributed by atoms with Gasteiger partial charge in [-0.25, -0.2) is 0 Å². The van der Waals surface area contributed by atoms with Crippen LogP contribution < -0.4 is 0 Å². The van der Waals surface area contributed by atoms with E-state index in [0.717, 1.165) is 18.7 Å². The normalized spacial score (nSPS) is 21.1. The molecule has 0 aromatic heterocycles. The Morgan fingerprint density at radius 1 is 1.35 bits per heavy atom. The number of morpholine rings is 1. The largest absolute Gasteiger partial charge is 0.392 e. The van der Waals surface area contributed by atoms with Crippen molar-refractivity contribution in [2.24, 2.45) is 0 Å². The van der Waals surface area contributed by atoms with Crippen LogP contribution in [0.5, 0.6) is 0 Å². The second kappa shape index (κ2) is 5.78. The molecule has 1 aromatic rings. The predicted octanol–water partition coefficient (Wildman–Crippen LogP) is 0.903. The number of hydrogen-bond acceptors (Lipinski definition) is 4. The molecule has 1 N–H and O–H groups in total. The van der Waals surface area contributed by atoms with Crippen LogP contribution in [0.3, 0.4) is 0 Å². The van der Waals surface area contributed by atoms with Crippen molar-refractivity contribution in [2.75, 3.05) is 19.7 Å². The van der Waals surface area contributed by atoms with Gasteiger partial charge in [-0.1, -0.05) is 24.3 Å². The van der Waals surface area contributed by atoms with Gasteiger partial charge in [0.25, 0.3) is 0 Å². The maximum atomic E-state index is 8.95. The van der Waals surface area contributed by atoms with E-state index in [0.29, 0.717) is 13.2 Å². The zero-order valence-corrected chi connectivity index (χ0v) is 9.67. The summed E-state index contributed by atoms with van der Waals surface area (Å²) >= 11 is 0. The number of aliphatic hydroxyl groups is 1. The van der Waals surface area contributed by atoms with E-state index in [1.807, 2.05) is 24.3 Å². The van der Waals surface area contributed by atoms with Gasteiger partial charge >= 0.3 is 0 Å². The Morgan fingerprint density at radius 2 is 2.06 bits per heavy atom. The molecule has 0 radical (unpaired) electrons. The second-order valence-corrected chi connectivity index (χ2v) is 4.20. The number of benzene rings is 1. The SMILES string of the molecule is N#CC1CN(Cc2ccc(CO)cc2)CCO1. The van der Waals surface area contributed by atoms with E-state index in [9.17, 15) is 0 Å². The van der Waals surface area contributed by atoms with Crippen LogP contribution in [-0.4, -0.2) is 35.8 Å². The minimum Gasteiger partial charge on any atom is -0.392 e. The first-order valence-electron chi connectivity index (χ1n) is 5.74. The van der Waals surface area contributed by atoms with Crippen molar-refractivity contribution in [3.05, 3.63) is 35.4 Å². The standard InChI is InChI=1S/C13H16N2O2/c14-7-13-9-15(5-6-17-13)8-11-1-3-12(10-16)4-2-11/h1-4,13,16H,5-6,8-10H2. The number of nitriles is 1. The van der Waals surface area contributed by atoms with Gasteiger partial charge in [-0.3, -0.25) is 4.90 Å². The van der Waals surface area contributed by atoms with Crippen molar-refractivity contribution in [2.45, 2.75) is 19.3 Å². The predicted molar refractivity (Wildman–Crippen MR) is 63.0 cm³/mol. The van der Waals surface area contributed by atoms with Crippen LogP contribution in [0.1, 0.15) is 11.1 Å². The minimum absolute atomic E-state index is 0.0777. The molecular weight excluding hydrogens is 216 g/mol. The average Bonchev–Trinajstić information content (AvgIpc) is 2.40. The third-order valence-corrected chi connectivity index (χ3v) is 2.91. The summed E-state index contributed by atoms with van der Waals surface area (Å²) in [4.78, 5) is 2.21. The van der Waals surface area contributed by atoms with Crippen molar-refractivity contribution >= 4 is 0 Å². The van der Waals surface area contributed by atoms with Gasteiger partial charge in [0.05, 0.1) is 19.3 Å². The summed E-state index contributed by atoms with van der Waals surface area (Å²) in [5.74, 6) is 0. The first-order valence-corrected chi connectivity index (χ1v) is 5.74. The van der Waals surface area contributed by atoms with Crippen LogP contribution >= 0.6 is 0 Å². The molecular formula is C13H16N2O2. The van der Waals surface area contributed by atoms with Crippen LogP contribution in [0.25, 0.3) is 0 Å². The highest BCUT2D eigenvalue weighted by molar-refractivity contribution is 5.22. The second-order valence-electron chi connectivity index (χ2n) is 4.20. The fraction of sp³-hybridized carbons (Fsp3) is 0.462. The fourth-order valence-corrected chi connectivity index (χ4v) is 1.93. The number of hydrogen-bond donors (Lipinski definition) is 1. The molecule has 1 aliphatic rings. The van der Waals surface area contributed by atoms with Crippen LogP contribution in [-0.2, 0) is 17.9 Å². The Kier molecular flexibility index (Phi) is 4.10. The summed E-state index contributed by atoms with van der Waals surface area (Å²) in [7, 11) is 0. The maximum absolute atomic E-state index is 8.95. The van der Waals surface area contributed by atoms with E-state index in [1.165, 1.54) is 5.56 Å². The Labute approximate surface area is 101 Å². The summed E-state index contributed by atoms with van der Waals surface area (Å²) in [6, 6.07) is 10.0. The molecule has 1 unspecified atom stereocenters. The Bertz CT molecular complexity index is 397. The number of nitrogens with zero attached hydrogens (tertiary/aromatic N) is 2. The van der Waals surface area contributed by atoms with Crippen molar-refractivity contribution in [1.29, 1.82) is 5.26 Å². The monoisotopic (exact) mass is 232 g/mol. The summed E-state index contributed by atoms with van der Waals surface area (Å²) in [6.07, 6.45) is -0.305. The summed E-state index contributed by atoms with van der Waals surface area (Å²) in [5.41, 5.74) is 2.12. The lowest BCUT2D eigenvalue weighted by Gasteiger charge is -2.29. The van der Waals surface area contributed by atoms with E-state index < -0.39 is 0 Å². The van der Waals surface area contributed by atoms with Crippen LogP contribution in [0.4, 0.5) is 0 Å². The third kappa shape index (κ3) is 3.27. The van der Waals surface area contributed by atoms with Gasteiger partial charge in [-0.15, -0.1) is 0 Å². The molecule has 1 saturated heterocycles. The smallest absolute Gasteiger partial charge is 0.156 e. The molecule has 0 saturated carbocycles. The van der Waals surface area contributed by atoms with Gasteiger partial charge in [0.1, 0.15) is 0 Å². The van der Waals surface area contributed by atoms with Crippen LogP contribution in [0.15, 0.2) is 24.3 Å². The minimum atomic E-state index is -0.305.